The average Bonchev–Trinajstić information content (AvgIpc) is 2.40. The van der Waals surface area contributed by atoms with Gasteiger partial charge in [-0.1, -0.05) is 40.2 Å². The number of para-hydroxylation sites is 1. The van der Waals surface area contributed by atoms with Gasteiger partial charge >= 0.3 is 5.69 Å². The minimum atomic E-state index is -0.443. The Hall–Kier alpha value is -2.08. The molecule has 2 N–H and O–H groups in total. The molecule has 0 radical (unpaired) electrons. The zero-order valence-corrected chi connectivity index (χ0v) is 12.5. The minimum absolute atomic E-state index is 0.0537. The predicted octanol–water partition coefficient (Wildman–Crippen LogP) is 3.58. The van der Waals surface area contributed by atoms with Crippen molar-refractivity contribution >= 4 is 33.0 Å². The molecule has 0 aliphatic heterocycles. The smallest absolute Gasteiger partial charge is 0.315 e. The van der Waals surface area contributed by atoms with Crippen LogP contribution in [-0.2, 0) is 6.54 Å². The number of nitro benzene ring substituents is 1. The number of halogens is 1. The summed E-state index contributed by atoms with van der Waals surface area (Å²) < 4.78 is 0.971. The summed E-state index contributed by atoms with van der Waals surface area (Å²) in [5.74, 6) is 0. The molecule has 0 bridgehead atoms. The molecule has 0 aromatic heterocycles. The first-order valence-corrected chi connectivity index (χ1v) is 6.77. The molecule has 0 aliphatic carbocycles. The van der Waals surface area contributed by atoms with Crippen LogP contribution in [0.25, 0.3) is 0 Å². The summed E-state index contributed by atoms with van der Waals surface area (Å²) in [7, 11) is 1.81. The lowest BCUT2D eigenvalue weighted by Crippen LogP contribution is -2.18. The number of nitro groups is 1. The highest BCUT2D eigenvalue weighted by molar-refractivity contribution is 9.10. The Morgan fingerprint density at radius 2 is 1.95 bits per heavy atom. The van der Waals surface area contributed by atoms with E-state index in [0.29, 0.717) is 12.2 Å². The SMILES string of the molecule is CN(Cc1ccccc1Br)c1cccc(N)c1[N+](=O)[O-]. The van der Waals surface area contributed by atoms with Crippen molar-refractivity contribution < 1.29 is 4.92 Å². The Kier molecular flexibility index (Phi) is 4.24. The number of hydrogen-bond donors (Lipinski definition) is 1. The van der Waals surface area contributed by atoms with E-state index in [4.69, 9.17) is 5.73 Å². The molecule has 0 atom stereocenters. The van der Waals surface area contributed by atoms with Crippen LogP contribution in [0, 0.1) is 10.1 Å². The number of nitrogen functional groups attached to an aromatic ring is 1. The molecule has 2 rings (SSSR count). The number of rotatable bonds is 4. The normalized spacial score (nSPS) is 10.3. The highest BCUT2D eigenvalue weighted by atomic mass is 79.9. The lowest BCUT2D eigenvalue weighted by molar-refractivity contribution is -0.383. The van der Waals surface area contributed by atoms with Crippen LogP contribution in [0.5, 0.6) is 0 Å². The third-order valence-electron chi connectivity index (χ3n) is 3.01. The molecule has 0 amide bonds. The molecule has 6 heteroatoms. The van der Waals surface area contributed by atoms with Gasteiger partial charge in [0.15, 0.2) is 0 Å². The molecule has 0 heterocycles. The van der Waals surface area contributed by atoms with Gasteiger partial charge in [0, 0.05) is 18.1 Å². The maximum Gasteiger partial charge on any atom is 0.315 e. The van der Waals surface area contributed by atoms with Crippen LogP contribution < -0.4 is 10.6 Å². The molecule has 104 valence electrons. The van der Waals surface area contributed by atoms with E-state index in [9.17, 15) is 10.1 Å². The molecule has 0 spiro atoms. The summed E-state index contributed by atoms with van der Waals surface area (Å²) in [4.78, 5) is 12.5. The van der Waals surface area contributed by atoms with Gasteiger partial charge in [-0.3, -0.25) is 10.1 Å². The van der Waals surface area contributed by atoms with Crippen molar-refractivity contribution in [1.82, 2.24) is 0 Å². The minimum Gasteiger partial charge on any atom is -0.393 e. The summed E-state index contributed by atoms with van der Waals surface area (Å²) in [5, 5.41) is 11.2. The van der Waals surface area contributed by atoms with Crippen molar-refractivity contribution in [2.45, 2.75) is 6.54 Å². The topological polar surface area (TPSA) is 72.4 Å². The lowest BCUT2D eigenvalue weighted by atomic mass is 10.2. The fraction of sp³-hybridized carbons (Fsp3) is 0.143. The first-order valence-electron chi connectivity index (χ1n) is 5.98. The van der Waals surface area contributed by atoms with E-state index in [1.165, 1.54) is 6.07 Å². The van der Waals surface area contributed by atoms with Crippen LogP contribution in [0.3, 0.4) is 0 Å². The van der Waals surface area contributed by atoms with Gasteiger partial charge in [0.25, 0.3) is 0 Å². The molecule has 2 aromatic carbocycles. The largest absolute Gasteiger partial charge is 0.393 e. The van der Waals surface area contributed by atoms with Crippen LogP contribution >= 0.6 is 15.9 Å². The van der Waals surface area contributed by atoms with Crippen LogP contribution in [0.2, 0.25) is 0 Å². The Bertz CT molecular complexity index is 646. The van der Waals surface area contributed by atoms with E-state index in [1.807, 2.05) is 29.2 Å². The number of nitrogens with zero attached hydrogens (tertiary/aromatic N) is 2. The van der Waals surface area contributed by atoms with Crippen LogP contribution in [0.4, 0.5) is 17.1 Å². The quantitative estimate of drug-likeness (QED) is 0.526. The second kappa shape index (κ2) is 5.92. The fourth-order valence-corrected chi connectivity index (χ4v) is 2.43. The molecule has 0 unspecified atom stereocenters. The van der Waals surface area contributed by atoms with Gasteiger partial charge in [0.1, 0.15) is 11.4 Å². The average molecular weight is 336 g/mol. The lowest BCUT2D eigenvalue weighted by Gasteiger charge is -2.20. The molecular weight excluding hydrogens is 322 g/mol. The summed E-state index contributed by atoms with van der Waals surface area (Å²) in [6.45, 7) is 0.547. The fourth-order valence-electron chi connectivity index (χ4n) is 2.02. The van der Waals surface area contributed by atoms with Gasteiger partial charge in [0.05, 0.1) is 4.92 Å². The van der Waals surface area contributed by atoms with E-state index in [2.05, 4.69) is 15.9 Å². The Morgan fingerprint density at radius 3 is 2.60 bits per heavy atom. The highest BCUT2D eigenvalue weighted by Gasteiger charge is 2.20. The maximum absolute atomic E-state index is 11.2. The Morgan fingerprint density at radius 1 is 1.25 bits per heavy atom. The van der Waals surface area contributed by atoms with Crippen molar-refractivity contribution in [1.29, 1.82) is 0 Å². The van der Waals surface area contributed by atoms with Crippen molar-refractivity contribution in [3.63, 3.8) is 0 Å². The number of benzene rings is 2. The molecule has 0 fully saturated rings. The van der Waals surface area contributed by atoms with Crippen molar-refractivity contribution in [3.8, 4) is 0 Å². The van der Waals surface area contributed by atoms with Crippen molar-refractivity contribution in [3.05, 3.63) is 62.6 Å². The summed E-state index contributed by atoms with van der Waals surface area (Å²) in [6.07, 6.45) is 0. The van der Waals surface area contributed by atoms with Crippen LogP contribution in [-0.4, -0.2) is 12.0 Å². The second-order valence-corrected chi connectivity index (χ2v) is 5.27. The van der Waals surface area contributed by atoms with Crippen molar-refractivity contribution in [2.24, 2.45) is 0 Å². The van der Waals surface area contributed by atoms with Crippen LogP contribution in [0.1, 0.15) is 5.56 Å². The van der Waals surface area contributed by atoms with Crippen LogP contribution in [0.15, 0.2) is 46.9 Å². The molecule has 5 nitrogen and oxygen atoms in total. The van der Waals surface area contributed by atoms with E-state index >= 15 is 0 Å². The monoisotopic (exact) mass is 335 g/mol. The van der Waals surface area contributed by atoms with Gasteiger partial charge in [-0.15, -0.1) is 0 Å². The molecular formula is C14H14BrN3O2. The van der Waals surface area contributed by atoms with E-state index in [1.54, 1.807) is 19.2 Å². The number of hydrogen-bond acceptors (Lipinski definition) is 4. The summed E-state index contributed by atoms with van der Waals surface area (Å²) in [6, 6.07) is 12.7. The van der Waals surface area contributed by atoms with Gasteiger partial charge in [-0.2, -0.15) is 0 Å². The summed E-state index contributed by atoms with van der Waals surface area (Å²) in [5.41, 5.74) is 7.38. The van der Waals surface area contributed by atoms with Gasteiger partial charge in [-0.25, -0.2) is 0 Å². The third-order valence-corrected chi connectivity index (χ3v) is 3.78. The molecule has 0 aliphatic rings. The first-order chi connectivity index (χ1) is 9.50. The molecule has 0 saturated heterocycles. The third kappa shape index (κ3) is 2.91. The molecule has 2 aromatic rings. The maximum atomic E-state index is 11.2. The zero-order chi connectivity index (χ0) is 14.7. The van der Waals surface area contributed by atoms with Gasteiger partial charge in [-0.05, 0) is 23.8 Å². The second-order valence-electron chi connectivity index (χ2n) is 4.42. The molecule has 0 saturated carbocycles. The van der Waals surface area contributed by atoms with Gasteiger partial charge < -0.3 is 10.6 Å². The van der Waals surface area contributed by atoms with Crippen molar-refractivity contribution in [2.75, 3.05) is 17.7 Å². The van der Waals surface area contributed by atoms with E-state index < -0.39 is 4.92 Å². The summed E-state index contributed by atoms with van der Waals surface area (Å²) >= 11 is 3.47. The van der Waals surface area contributed by atoms with E-state index in [-0.39, 0.29) is 11.4 Å². The zero-order valence-electron chi connectivity index (χ0n) is 10.9. The van der Waals surface area contributed by atoms with Gasteiger partial charge in [0.2, 0.25) is 0 Å². The standard InChI is InChI=1S/C14H14BrN3O2/c1-17(9-10-5-2-3-6-11(10)15)13-8-4-7-12(16)14(13)18(19)20/h2-8H,9,16H2,1H3. The number of nitrogens with two attached hydrogens (primary N) is 1. The highest BCUT2D eigenvalue weighted by Crippen LogP contribution is 2.34. The molecule has 20 heavy (non-hydrogen) atoms. The predicted molar refractivity (Wildman–Crippen MR) is 83.8 cm³/mol. The van der Waals surface area contributed by atoms with E-state index in [0.717, 1.165) is 10.0 Å². The first kappa shape index (κ1) is 14.3. The Labute approximate surface area is 125 Å². The Balaban J connectivity index is 2.35. The number of anilines is 2.